The topological polar surface area (TPSA) is 54.5 Å². The quantitative estimate of drug-likeness (QED) is 0.719. The van der Waals surface area contributed by atoms with Gasteiger partial charge in [-0.3, -0.25) is 4.90 Å². The maximum Gasteiger partial charge on any atom is 0.408 e. The van der Waals surface area contributed by atoms with Crippen LogP contribution in [-0.2, 0) is 10.3 Å². The lowest BCUT2D eigenvalue weighted by atomic mass is 9.86. The van der Waals surface area contributed by atoms with Gasteiger partial charge >= 0.3 is 6.09 Å². The number of thiazole rings is 1. The Kier molecular flexibility index (Phi) is 6.96. The van der Waals surface area contributed by atoms with Crippen LogP contribution in [0.4, 0.5) is 4.79 Å². The molecule has 1 aromatic heterocycles. The van der Waals surface area contributed by atoms with Gasteiger partial charge in [0.25, 0.3) is 0 Å². The van der Waals surface area contributed by atoms with Crippen molar-refractivity contribution in [2.75, 3.05) is 19.6 Å². The highest BCUT2D eigenvalue weighted by atomic mass is 32.1. The molecule has 0 radical (unpaired) electrons. The molecule has 0 spiro atoms. The lowest BCUT2D eigenvalue weighted by molar-refractivity contribution is -0.0350. The molecule has 160 valence electrons. The zero-order chi connectivity index (χ0) is 21.0. The summed E-state index contributed by atoms with van der Waals surface area (Å²) >= 11 is 1.60. The predicted octanol–water partition coefficient (Wildman–Crippen LogP) is 5.45. The molecule has 0 saturated carbocycles. The molecule has 1 aromatic carbocycles. The monoisotopic (exact) mass is 417 g/mol. The number of nitrogens with zero attached hydrogens (tertiary/aromatic N) is 2. The summed E-state index contributed by atoms with van der Waals surface area (Å²) in [6, 6.07) is 8.34. The van der Waals surface area contributed by atoms with Gasteiger partial charge in [0.1, 0.15) is 11.1 Å². The SMILES string of the molecule is CC.Cc1ccc(-c2nc(C(C)(C)NC(=O)O[C@@H]3CN4CCC3CC4)cs2)cc1.[HH]. The standard InChI is InChI=1S/C21H27N3O2S.C2H6.H2/c1-14-4-6-16(7-5-14)19-22-18(13-27-19)21(2,3)23-20(25)26-17-12-24-10-8-15(17)9-11-24;1-2;/h4-7,13,15,17H,8-12H2,1-3H3,(H,23,25);1-2H3;1H/t17-;;/m1../s1. The number of hydrogen-bond acceptors (Lipinski definition) is 5. The number of aromatic nitrogens is 1. The molecule has 6 heteroatoms. The molecule has 4 heterocycles. The summed E-state index contributed by atoms with van der Waals surface area (Å²) in [6.07, 6.45) is 1.94. The summed E-state index contributed by atoms with van der Waals surface area (Å²) in [7, 11) is 0. The number of aryl methyl sites for hydroxylation is 1. The van der Waals surface area contributed by atoms with Gasteiger partial charge < -0.3 is 10.1 Å². The smallest absolute Gasteiger partial charge is 0.408 e. The number of benzene rings is 1. The first kappa shape index (κ1) is 21.8. The summed E-state index contributed by atoms with van der Waals surface area (Å²) in [5.74, 6) is 0.510. The van der Waals surface area contributed by atoms with Crippen molar-refractivity contribution in [3.05, 3.63) is 40.9 Å². The van der Waals surface area contributed by atoms with Crippen molar-refractivity contribution in [3.63, 3.8) is 0 Å². The Bertz CT molecular complexity index is 814. The molecule has 3 aliphatic rings. The Hall–Kier alpha value is -1.92. The zero-order valence-corrected chi connectivity index (χ0v) is 19.0. The number of carbonyl (C=O) groups excluding carboxylic acids is 1. The Morgan fingerprint density at radius 2 is 1.90 bits per heavy atom. The highest BCUT2D eigenvalue weighted by Crippen LogP contribution is 2.31. The van der Waals surface area contributed by atoms with Gasteiger partial charge in [0.15, 0.2) is 0 Å². The van der Waals surface area contributed by atoms with E-state index in [1.807, 2.05) is 33.1 Å². The highest BCUT2D eigenvalue weighted by Gasteiger charge is 2.37. The van der Waals surface area contributed by atoms with Crippen LogP contribution >= 0.6 is 11.3 Å². The second kappa shape index (κ2) is 9.26. The molecule has 0 unspecified atom stereocenters. The van der Waals surface area contributed by atoms with E-state index in [0.29, 0.717) is 5.92 Å². The van der Waals surface area contributed by atoms with Gasteiger partial charge in [0, 0.05) is 18.9 Å². The van der Waals surface area contributed by atoms with Crippen LogP contribution in [-0.4, -0.2) is 41.7 Å². The van der Waals surface area contributed by atoms with E-state index in [0.717, 1.165) is 48.7 Å². The van der Waals surface area contributed by atoms with Crippen molar-refractivity contribution in [3.8, 4) is 10.6 Å². The summed E-state index contributed by atoms with van der Waals surface area (Å²) < 4.78 is 5.77. The molecule has 1 atom stereocenters. The van der Waals surface area contributed by atoms with Crippen LogP contribution in [0.25, 0.3) is 10.6 Å². The zero-order valence-electron chi connectivity index (χ0n) is 18.2. The van der Waals surface area contributed by atoms with Gasteiger partial charge in [-0.1, -0.05) is 43.7 Å². The van der Waals surface area contributed by atoms with Crippen LogP contribution in [0.3, 0.4) is 0 Å². The van der Waals surface area contributed by atoms with Crippen LogP contribution in [0, 0.1) is 12.8 Å². The molecule has 1 amide bonds. The largest absolute Gasteiger partial charge is 0.445 e. The number of hydrogen-bond donors (Lipinski definition) is 1. The molecule has 3 saturated heterocycles. The van der Waals surface area contributed by atoms with E-state index in [2.05, 4.69) is 41.4 Å². The number of ether oxygens (including phenoxy) is 1. The third kappa shape index (κ3) is 5.17. The Morgan fingerprint density at radius 3 is 2.48 bits per heavy atom. The number of alkyl carbamates (subject to hydrolysis) is 1. The van der Waals surface area contributed by atoms with Gasteiger partial charge in [-0.25, -0.2) is 9.78 Å². The van der Waals surface area contributed by atoms with Crippen LogP contribution in [0.5, 0.6) is 0 Å². The van der Waals surface area contributed by atoms with Crippen LogP contribution in [0.1, 0.15) is 53.2 Å². The van der Waals surface area contributed by atoms with Gasteiger partial charge in [0.05, 0.1) is 11.2 Å². The van der Waals surface area contributed by atoms with Crippen molar-refractivity contribution in [2.45, 2.75) is 59.1 Å². The van der Waals surface area contributed by atoms with Crippen LogP contribution < -0.4 is 5.32 Å². The number of amides is 1. The third-order valence-corrected chi connectivity index (χ3v) is 6.60. The average molecular weight is 418 g/mol. The van der Waals surface area contributed by atoms with Crippen molar-refractivity contribution < 1.29 is 11.0 Å². The molecule has 3 fully saturated rings. The normalized spacial score (nSPS) is 23.1. The predicted molar refractivity (Wildman–Crippen MR) is 121 cm³/mol. The van der Waals surface area contributed by atoms with E-state index >= 15 is 0 Å². The van der Waals surface area contributed by atoms with E-state index < -0.39 is 5.54 Å². The van der Waals surface area contributed by atoms with Crippen LogP contribution in [0.2, 0.25) is 0 Å². The second-order valence-electron chi connectivity index (χ2n) is 8.24. The lowest BCUT2D eigenvalue weighted by Gasteiger charge is -2.44. The summed E-state index contributed by atoms with van der Waals surface area (Å²) in [6.45, 7) is 13.2. The Balaban J connectivity index is 0.00000104. The van der Waals surface area contributed by atoms with E-state index in [-0.39, 0.29) is 13.6 Å². The number of carbonyl (C=O) groups is 1. The number of piperidine rings is 3. The maximum atomic E-state index is 12.5. The maximum absolute atomic E-state index is 12.5. The molecule has 0 aliphatic carbocycles. The van der Waals surface area contributed by atoms with Gasteiger partial charge in [-0.05, 0) is 52.6 Å². The third-order valence-electron chi connectivity index (χ3n) is 5.71. The fraction of sp³-hybridized carbons (Fsp3) is 0.565. The first-order valence-corrected chi connectivity index (χ1v) is 11.5. The fourth-order valence-electron chi connectivity index (χ4n) is 3.92. The van der Waals surface area contributed by atoms with Gasteiger partial charge in [0.2, 0.25) is 0 Å². The molecular weight excluding hydrogens is 382 g/mol. The molecule has 29 heavy (non-hydrogen) atoms. The molecule has 1 N–H and O–H groups in total. The van der Waals surface area contributed by atoms with E-state index in [4.69, 9.17) is 9.72 Å². The Morgan fingerprint density at radius 1 is 1.24 bits per heavy atom. The minimum Gasteiger partial charge on any atom is -0.445 e. The molecule has 2 aromatic rings. The summed E-state index contributed by atoms with van der Waals surface area (Å²) in [4.78, 5) is 19.7. The summed E-state index contributed by atoms with van der Waals surface area (Å²) in [5.41, 5.74) is 2.61. The summed E-state index contributed by atoms with van der Waals surface area (Å²) in [5, 5.41) is 6.00. The van der Waals surface area contributed by atoms with Gasteiger partial charge in [-0.2, -0.15) is 0 Å². The van der Waals surface area contributed by atoms with E-state index in [1.165, 1.54) is 5.56 Å². The number of fused-ring (bicyclic) bond motifs is 3. The molecule has 3 aliphatic heterocycles. The molecule has 5 rings (SSSR count). The average Bonchev–Trinajstić information content (AvgIpc) is 3.22. The molecule has 5 nitrogen and oxygen atoms in total. The molecule has 2 bridgehead atoms. The lowest BCUT2D eigenvalue weighted by Crippen LogP contribution is -2.53. The first-order chi connectivity index (χ1) is 13.9. The first-order valence-electron chi connectivity index (χ1n) is 10.6. The minimum atomic E-state index is -0.579. The fourth-order valence-corrected chi connectivity index (χ4v) is 4.91. The number of nitrogens with one attached hydrogen (secondary N) is 1. The van der Waals surface area contributed by atoms with Gasteiger partial charge in [-0.15, -0.1) is 11.3 Å². The molecular formula is C23H35N3O2S. The minimum absolute atomic E-state index is 0. The van der Waals surface area contributed by atoms with Crippen molar-refractivity contribution in [2.24, 2.45) is 5.92 Å². The second-order valence-corrected chi connectivity index (χ2v) is 9.09. The van der Waals surface area contributed by atoms with E-state index in [1.54, 1.807) is 11.3 Å². The van der Waals surface area contributed by atoms with Crippen molar-refractivity contribution in [1.29, 1.82) is 0 Å². The highest BCUT2D eigenvalue weighted by molar-refractivity contribution is 7.13. The Labute approximate surface area is 180 Å². The van der Waals surface area contributed by atoms with Crippen molar-refractivity contribution in [1.82, 2.24) is 15.2 Å². The van der Waals surface area contributed by atoms with Crippen molar-refractivity contribution >= 4 is 17.4 Å². The number of rotatable bonds is 4. The van der Waals surface area contributed by atoms with Crippen LogP contribution in [0.15, 0.2) is 29.6 Å². The van der Waals surface area contributed by atoms with E-state index in [9.17, 15) is 4.79 Å².